The van der Waals surface area contributed by atoms with Crippen LogP contribution in [0.5, 0.6) is 0 Å². The zero-order valence-electron chi connectivity index (χ0n) is 9.89. The van der Waals surface area contributed by atoms with Gasteiger partial charge in [-0.2, -0.15) is 0 Å². The predicted molar refractivity (Wildman–Crippen MR) is 66.6 cm³/mol. The summed E-state index contributed by atoms with van der Waals surface area (Å²) in [5, 5.41) is 1.61. The van der Waals surface area contributed by atoms with Crippen LogP contribution < -0.4 is 10.6 Å². The van der Waals surface area contributed by atoms with Crippen LogP contribution in [0.3, 0.4) is 0 Å². The predicted octanol–water partition coefficient (Wildman–Crippen LogP) is 1.09. The Bertz CT molecular complexity index is 527. The third-order valence-electron chi connectivity index (χ3n) is 2.85. The van der Waals surface area contributed by atoms with E-state index in [0.717, 1.165) is 25.3 Å². The van der Waals surface area contributed by atoms with E-state index in [1.54, 1.807) is 5.01 Å². The number of halogens is 1. The van der Waals surface area contributed by atoms with Crippen molar-refractivity contribution in [3.05, 3.63) is 24.0 Å². The minimum atomic E-state index is -3.86. The molecule has 1 aromatic carbocycles. The van der Waals surface area contributed by atoms with Crippen LogP contribution in [-0.4, -0.2) is 26.5 Å². The fraction of sp³-hybridized carbons (Fsp3) is 0.455. The maximum Gasteiger partial charge on any atom is 0.256 e. The molecule has 0 aliphatic carbocycles. The number of benzene rings is 1. The molecule has 3 N–H and O–H groups in total. The molecule has 1 aliphatic heterocycles. The van der Waals surface area contributed by atoms with Crippen molar-refractivity contribution in [2.45, 2.75) is 24.2 Å². The molecule has 1 fully saturated rings. The first-order valence-electron chi connectivity index (χ1n) is 5.81. The lowest BCUT2D eigenvalue weighted by Crippen LogP contribution is -2.45. The van der Waals surface area contributed by atoms with Crippen LogP contribution in [-0.2, 0) is 10.0 Å². The molecule has 0 bridgehead atoms. The van der Waals surface area contributed by atoms with E-state index in [1.807, 2.05) is 0 Å². The summed E-state index contributed by atoms with van der Waals surface area (Å²) in [4.78, 5) is 2.02. The van der Waals surface area contributed by atoms with Gasteiger partial charge in [-0.1, -0.05) is 6.42 Å². The van der Waals surface area contributed by atoms with Crippen molar-refractivity contribution in [3.63, 3.8) is 0 Å². The van der Waals surface area contributed by atoms with Crippen molar-refractivity contribution < 1.29 is 12.8 Å². The van der Waals surface area contributed by atoms with Gasteiger partial charge in [-0.25, -0.2) is 17.8 Å². The van der Waals surface area contributed by atoms with Gasteiger partial charge < -0.3 is 5.73 Å². The van der Waals surface area contributed by atoms with Gasteiger partial charge in [0, 0.05) is 18.8 Å². The first-order chi connectivity index (χ1) is 8.49. The molecule has 2 rings (SSSR count). The van der Waals surface area contributed by atoms with Gasteiger partial charge in [0.25, 0.3) is 10.0 Å². The van der Waals surface area contributed by atoms with E-state index in [9.17, 15) is 12.8 Å². The molecule has 0 saturated carbocycles. The van der Waals surface area contributed by atoms with Gasteiger partial charge in [0.05, 0.1) is 0 Å². The van der Waals surface area contributed by atoms with Crippen molar-refractivity contribution in [1.29, 1.82) is 0 Å². The molecule has 0 radical (unpaired) electrons. The highest BCUT2D eigenvalue weighted by atomic mass is 32.2. The minimum Gasteiger partial charge on any atom is -0.399 e. The number of piperidine rings is 1. The van der Waals surface area contributed by atoms with Crippen LogP contribution in [0.4, 0.5) is 10.1 Å². The number of nitrogens with two attached hydrogens (primary N) is 1. The second-order valence-corrected chi connectivity index (χ2v) is 5.96. The van der Waals surface area contributed by atoms with E-state index in [4.69, 9.17) is 5.73 Å². The SMILES string of the molecule is Nc1ccc(S(=O)(=O)NN2CCCCC2)c(F)c1. The summed E-state index contributed by atoms with van der Waals surface area (Å²) in [5.41, 5.74) is 5.59. The highest BCUT2D eigenvalue weighted by Gasteiger charge is 2.22. The lowest BCUT2D eigenvalue weighted by Gasteiger charge is -2.26. The summed E-state index contributed by atoms with van der Waals surface area (Å²) >= 11 is 0. The smallest absolute Gasteiger partial charge is 0.256 e. The normalized spacial score (nSPS) is 17.8. The summed E-state index contributed by atoms with van der Waals surface area (Å²) in [6.45, 7) is 1.30. The first kappa shape index (κ1) is 13.3. The van der Waals surface area contributed by atoms with Crippen molar-refractivity contribution in [1.82, 2.24) is 9.84 Å². The number of nitrogen functional groups attached to an aromatic ring is 1. The van der Waals surface area contributed by atoms with Crippen LogP contribution in [0, 0.1) is 5.82 Å². The van der Waals surface area contributed by atoms with Crippen LogP contribution in [0.25, 0.3) is 0 Å². The van der Waals surface area contributed by atoms with E-state index in [2.05, 4.69) is 4.83 Å². The molecule has 7 heteroatoms. The Hall–Kier alpha value is -1.18. The number of nitrogens with one attached hydrogen (secondary N) is 1. The molecule has 1 aliphatic rings. The molecule has 1 heterocycles. The largest absolute Gasteiger partial charge is 0.399 e. The molecule has 0 spiro atoms. The summed E-state index contributed by atoms with van der Waals surface area (Å²) in [6.07, 6.45) is 2.97. The number of nitrogens with zero attached hydrogens (tertiary/aromatic N) is 1. The Balaban J connectivity index is 2.19. The lowest BCUT2D eigenvalue weighted by molar-refractivity contribution is 0.199. The van der Waals surface area contributed by atoms with Gasteiger partial charge in [-0.05, 0) is 31.0 Å². The molecule has 5 nitrogen and oxygen atoms in total. The van der Waals surface area contributed by atoms with Crippen LogP contribution in [0.1, 0.15) is 19.3 Å². The number of anilines is 1. The molecule has 18 heavy (non-hydrogen) atoms. The number of hydrogen-bond acceptors (Lipinski definition) is 4. The third-order valence-corrected chi connectivity index (χ3v) is 4.26. The summed E-state index contributed by atoms with van der Waals surface area (Å²) in [6, 6.07) is 3.55. The number of hydrogen-bond donors (Lipinski definition) is 2. The summed E-state index contributed by atoms with van der Waals surface area (Å²) in [5.74, 6) is -0.834. The van der Waals surface area contributed by atoms with Crippen molar-refractivity contribution in [3.8, 4) is 0 Å². The van der Waals surface area contributed by atoms with Crippen LogP contribution in [0.2, 0.25) is 0 Å². The van der Waals surface area contributed by atoms with Gasteiger partial charge >= 0.3 is 0 Å². The highest BCUT2D eigenvalue weighted by Crippen LogP contribution is 2.18. The summed E-state index contributed by atoms with van der Waals surface area (Å²) < 4.78 is 37.6. The van der Waals surface area contributed by atoms with E-state index >= 15 is 0 Å². The third kappa shape index (κ3) is 2.98. The minimum absolute atomic E-state index is 0.199. The Morgan fingerprint density at radius 1 is 1.22 bits per heavy atom. The van der Waals surface area contributed by atoms with E-state index in [1.165, 1.54) is 12.1 Å². The molecule has 0 amide bonds. The molecule has 0 atom stereocenters. The van der Waals surface area contributed by atoms with Crippen molar-refractivity contribution >= 4 is 15.7 Å². The van der Waals surface area contributed by atoms with Gasteiger partial charge in [-0.3, -0.25) is 0 Å². The number of rotatable bonds is 3. The van der Waals surface area contributed by atoms with Gasteiger partial charge in [0.1, 0.15) is 10.7 Å². The van der Waals surface area contributed by atoms with Crippen molar-refractivity contribution in [2.75, 3.05) is 18.8 Å². The molecule has 0 aromatic heterocycles. The Kier molecular flexibility index (Phi) is 3.84. The molecular formula is C11H16FN3O2S. The van der Waals surface area contributed by atoms with E-state index in [0.29, 0.717) is 13.1 Å². The zero-order valence-corrected chi connectivity index (χ0v) is 10.7. The summed E-state index contributed by atoms with van der Waals surface area (Å²) in [7, 11) is -3.86. The van der Waals surface area contributed by atoms with E-state index in [-0.39, 0.29) is 10.6 Å². The molecule has 100 valence electrons. The highest BCUT2D eigenvalue weighted by molar-refractivity contribution is 7.89. The Morgan fingerprint density at radius 3 is 2.50 bits per heavy atom. The lowest BCUT2D eigenvalue weighted by atomic mass is 10.2. The quantitative estimate of drug-likeness (QED) is 0.808. The van der Waals surface area contributed by atoms with E-state index < -0.39 is 15.8 Å². The standard InChI is InChI=1S/C11H16FN3O2S/c12-10-8-9(13)4-5-11(10)18(16,17)14-15-6-2-1-3-7-15/h4-5,8,14H,1-3,6-7,13H2. The van der Waals surface area contributed by atoms with Gasteiger partial charge in [-0.15, -0.1) is 4.83 Å². The van der Waals surface area contributed by atoms with Crippen molar-refractivity contribution in [2.24, 2.45) is 0 Å². The number of hydrazine groups is 1. The topological polar surface area (TPSA) is 75.4 Å². The average Bonchev–Trinajstić information content (AvgIpc) is 2.29. The molecule has 1 saturated heterocycles. The van der Waals surface area contributed by atoms with Crippen LogP contribution in [0.15, 0.2) is 23.1 Å². The Morgan fingerprint density at radius 2 is 1.89 bits per heavy atom. The second kappa shape index (κ2) is 5.21. The Labute approximate surface area is 106 Å². The average molecular weight is 273 g/mol. The molecule has 1 aromatic rings. The maximum absolute atomic E-state index is 13.6. The fourth-order valence-electron chi connectivity index (χ4n) is 1.94. The maximum atomic E-state index is 13.6. The molecule has 0 unspecified atom stereocenters. The van der Waals surface area contributed by atoms with Gasteiger partial charge in [0.15, 0.2) is 0 Å². The zero-order chi connectivity index (χ0) is 13.2. The second-order valence-electron chi connectivity index (χ2n) is 4.33. The number of sulfonamides is 1. The van der Waals surface area contributed by atoms with Crippen LogP contribution >= 0.6 is 0 Å². The molecular weight excluding hydrogens is 257 g/mol. The monoisotopic (exact) mass is 273 g/mol. The van der Waals surface area contributed by atoms with Gasteiger partial charge in [0.2, 0.25) is 0 Å². The first-order valence-corrected chi connectivity index (χ1v) is 7.30. The fourth-order valence-corrected chi connectivity index (χ4v) is 3.12.